The van der Waals surface area contributed by atoms with Crippen LogP contribution in [0.4, 0.5) is 5.13 Å². The van der Waals surface area contributed by atoms with E-state index >= 15 is 0 Å². The minimum absolute atomic E-state index is 0.0471. The van der Waals surface area contributed by atoms with E-state index in [4.69, 9.17) is 5.11 Å². The van der Waals surface area contributed by atoms with Crippen molar-refractivity contribution in [3.63, 3.8) is 0 Å². The molecule has 1 aliphatic rings. The highest BCUT2D eigenvalue weighted by Gasteiger charge is 2.24. The molecule has 2 N–H and O–H groups in total. The molecule has 2 atom stereocenters. The van der Waals surface area contributed by atoms with Crippen molar-refractivity contribution < 1.29 is 9.90 Å². The number of aliphatic carboxylic acids is 1. The van der Waals surface area contributed by atoms with Crippen molar-refractivity contribution in [2.75, 3.05) is 5.32 Å². The summed E-state index contributed by atoms with van der Waals surface area (Å²) in [5.41, 5.74) is 2.03. The average Bonchev–Trinajstić information content (AvgIpc) is 3.10. The van der Waals surface area contributed by atoms with Crippen LogP contribution in [-0.4, -0.2) is 22.1 Å². The second-order valence-corrected chi connectivity index (χ2v) is 5.58. The maximum Gasteiger partial charge on any atom is 0.310 e. The molecule has 2 unspecified atom stereocenters. The van der Waals surface area contributed by atoms with Gasteiger partial charge in [0.05, 0.1) is 11.6 Å². The van der Waals surface area contributed by atoms with Crippen molar-refractivity contribution in [1.82, 2.24) is 4.98 Å². The Morgan fingerprint density at radius 2 is 2.10 bits per heavy atom. The Morgan fingerprint density at radius 3 is 2.80 bits per heavy atom. The molecule has 0 amide bonds. The lowest BCUT2D eigenvalue weighted by Gasteiger charge is -2.10. The first kappa shape index (κ1) is 12.9. The third-order valence-electron chi connectivity index (χ3n) is 3.28. The fourth-order valence-corrected chi connectivity index (χ4v) is 3.01. The van der Waals surface area contributed by atoms with Gasteiger partial charge >= 0.3 is 5.97 Å². The van der Waals surface area contributed by atoms with E-state index in [9.17, 15) is 4.79 Å². The van der Waals surface area contributed by atoms with Gasteiger partial charge in [-0.25, -0.2) is 4.98 Å². The predicted molar refractivity (Wildman–Crippen MR) is 79.8 cm³/mol. The minimum atomic E-state index is -0.769. The molecular weight excluding hydrogens is 272 g/mol. The summed E-state index contributed by atoms with van der Waals surface area (Å²) in [7, 11) is 0. The smallest absolute Gasteiger partial charge is 0.310 e. The number of hydrogen-bond acceptors (Lipinski definition) is 4. The first-order valence-corrected chi connectivity index (χ1v) is 7.29. The highest BCUT2D eigenvalue weighted by molar-refractivity contribution is 7.14. The van der Waals surface area contributed by atoms with Crippen molar-refractivity contribution in [2.24, 2.45) is 5.92 Å². The Balaban J connectivity index is 1.67. The monoisotopic (exact) mass is 286 g/mol. The van der Waals surface area contributed by atoms with Crippen LogP contribution in [0, 0.1) is 5.92 Å². The van der Waals surface area contributed by atoms with E-state index in [1.807, 2.05) is 41.8 Å². The quantitative estimate of drug-likeness (QED) is 0.847. The molecule has 1 aliphatic carbocycles. The highest BCUT2D eigenvalue weighted by atomic mass is 32.1. The molecule has 0 bridgehead atoms. The third kappa shape index (κ3) is 2.72. The number of nitrogens with zero attached hydrogens (tertiary/aromatic N) is 1. The summed E-state index contributed by atoms with van der Waals surface area (Å²) in [6.07, 6.45) is 4.23. The highest BCUT2D eigenvalue weighted by Crippen LogP contribution is 2.27. The molecule has 1 heterocycles. The second kappa shape index (κ2) is 5.46. The summed E-state index contributed by atoms with van der Waals surface area (Å²) < 4.78 is 0. The van der Waals surface area contributed by atoms with Crippen LogP contribution in [0.15, 0.2) is 47.9 Å². The Labute approximate surface area is 120 Å². The number of benzene rings is 1. The number of carboxylic acids is 1. The molecule has 4 nitrogen and oxygen atoms in total. The van der Waals surface area contributed by atoms with E-state index < -0.39 is 5.97 Å². The normalized spacial score (nSPS) is 21.0. The molecule has 2 aromatic rings. The second-order valence-electron chi connectivity index (χ2n) is 4.72. The van der Waals surface area contributed by atoms with Crippen LogP contribution in [-0.2, 0) is 4.79 Å². The SMILES string of the molecule is O=C(O)C1C=CC(Nc2nc(-c3ccccc3)cs2)C1. The molecule has 1 aromatic carbocycles. The van der Waals surface area contributed by atoms with Crippen LogP contribution < -0.4 is 5.32 Å². The van der Waals surface area contributed by atoms with Gasteiger partial charge in [-0.05, 0) is 6.42 Å². The molecule has 0 saturated carbocycles. The standard InChI is InChI=1S/C15H14N2O2S/c18-14(19)11-6-7-12(8-11)16-15-17-13(9-20-15)10-4-2-1-3-5-10/h1-7,9,11-12H,8H2,(H,16,17)(H,18,19). The Morgan fingerprint density at radius 1 is 1.30 bits per heavy atom. The van der Waals surface area contributed by atoms with Gasteiger partial charge in [0.15, 0.2) is 5.13 Å². The summed E-state index contributed by atoms with van der Waals surface area (Å²) in [4.78, 5) is 15.4. The molecule has 102 valence electrons. The maximum atomic E-state index is 10.9. The molecule has 5 heteroatoms. The molecule has 0 saturated heterocycles. The van der Waals surface area contributed by atoms with Crippen LogP contribution in [0.3, 0.4) is 0 Å². The summed E-state index contributed by atoms with van der Waals surface area (Å²) in [6, 6.07) is 10.0. The largest absolute Gasteiger partial charge is 0.481 e. The van der Waals surface area contributed by atoms with E-state index in [2.05, 4.69) is 10.3 Å². The molecule has 20 heavy (non-hydrogen) atoms. The number of hydrogen-bond donors (Lipinski definition) is 2. The lowest BCUT2D eigenvalue weighted by atomic mass is 10.1. The number of anilines is 1. The maximum absolute atomic E-state index is 10.9. The van der Waals surface area contributed by atoms with Gasteiger partial charge < -0.3 is 10.4 Å². The molecule has 0 spiro atoms. The van der Waals surface area contributed by atoms with Gasteiger partial charge in [0.1, 0.15) is 0 Å². The van der Waals surface area contributed by atoms with E-state index in [1.54, 1.807) is 6.08 Å². The van der Waals surface area contributed by atoms with Crippen molar-refractivity contribution in [3.05, 3.63) is 47.9 Å². The number of rotatable bonds is 4. The molecule has 0 aliphatic heterocycles. The van der Waals surface area contributed by atoms with Gasteiger partial charge in [0.2, 0.25) is 0 Å². The van der Waals surface area contributed by atoms with Crippen molar-refractivity contribution in [2.45, 2.75) is 12.5 Å². The molecule has 0 fully saturated rings. The first-order valence-electron chi connectivity index (χ1n) is 6.41. The van der Waals surface area contributed by atoms with Crippen LogP contribution in [0.2, 0.25) is 0 Å². The number of carboxylic acid groups (broad SMARTS) is 1. The van der Waals surface area contributed by atoms with Crippen molar-refractivity contribution >= 4 is 22.4 Å². The number of carbonyl (C=O) groups is 1. The van der Waals surface area contributed by atoms with Gasteiger partial charge in [0, 0.05) is 17.0 Å². The van der Waals surface area contributed by atoms with E-state index in [0.29, 0.717) is 6.42 Å². The molecular formula is C15H14N2O2S. The summed E-state index contributed by atoms with van der Waals surface area (Å²) in [5, 5.41) is 15.1. The van der Waals surface area contributed by atoms with Gasteiger partial charge in [-0.15, -0.1) is 11.3 Å². The zero-order valence-corrected chi connectivity index (χ0v) is 11.5. The zero-order valence-electron chi connectivity index (χ0n) is 10.7. The van der Waals surface area contributed by atoms with Gasteiger partial charge in [-0.1, -0.05) is 42.5 Å². The summed E-state index contributed by atoms with van der Waals surface area (Å²) >= 11 is 1.54. The Hall–Kier alpha value is -2.14. The number of aromatic nitrogens is 1. The van der Waals surface area contributed by atoms with Crippen molar-refractivity contribution in [1.29, 1.82) is 0 Å². The van der Waals surface area contributed by atoms with Crippen LogP contribution in [0.5, 0.6) is 0 Å². The van der Waals surface area contributed by atoms with E-state index in [-0.39, 0.29) is 12.0 Å². The van der Waals surface area contributed by atoms with Gasteiger partial charge in [-0.2, -0.15) is 0 Å². The average molecular weight is 286 g/mol. The Bertz CT molecular complexity index is 636. The van der Waals surface area contributed by atoms with Crippen molar-refractivity contribution in [3.8, 4) is 11.3 Å². The summed E-state index contributed by atoms with van der Waals surface area (Å²) in [5.74, 6) is -1.16. The lowest BCUT2D eigenvalue weighted by Crippen LogP contribution is -2.18. The minimum Gasteiger partial charge on any atom is -0.481 e. The summed E-state index contributed by atoms with van der Waals surface area (Å²) in [6.45, 7) is 0. The zero-order chi connectivity index (χ0) is 13.9. The lowest BCUT2D eigenvalue weighted by molar-refractivity contribution is -0.140. The first-order chi connectivity index (χ1) is 9.72. The van der Waals surface area contributed by atoms with E-state index in [1.165, 1.54) is 11.3 Å². The molecule has 0 radical (unpaired) electrons. The fraction of sp³-hybridized carbons (Fsp3) is 0.200. The van der Waals surface area contributed by atoms with Crippen LogP contribution >= 0.6 is 11.3 Å². The van der Waals surface area contributed by atoms with E-state index in [0.717, 1.165) is 16.4 Å². The third-order valence-corrected chi connectivity index (χ3v) is 4.06. The Kier molecular flexibility index (Phi) is 3.52. The predicted octanol–water partition coefficient (Wildman–Crippen LogP) is 3.25. The van der Waals surface area contributed by atoms with Gasteiger partial charge in [-0.3, -0.25) is 4.79 Å². The number of thiazole rings is 1. The topological polar surface area (TPSA) is 62.2 Å². The van der Waals surface area contributed by atoms with Gasteiger partial charge in [0.25, 0.3) is 0 Å². The number of nitrogens with one attached hydrogen (secondary N) is 1. The van der Waals surface area contributed by atoms with Crippen LogP contribution in [0.1, 0.15) is 6.42 Å². The molecule has 3 rings (SSSR count). The van der Waals surface area contributed by atoms with Crippen LogP contribution in [0.25, 0.3) is 11.3 Å². The fourth-order valence-electron chi connectivity index (χ4n) is 2.23. The molecule has 1 aromatic heterocycles.